The van der Waals surface area contributed by atoms with Crippen molar-refractivity contribution < 1.29 is 24.1 Å². The standard InChI is InChI=1S/C18H18O5/c19-18(20)14-8-16(22-11-13-4-2-1-3-5-13)10-17(9-14)23-15-6-7-21-12-15/h1-5,8-10,15H,6-7,11-12H2,(H,19,20)/t15-/m0/s1. The molecule has 0 aromatic heterocycles. The highest BCUT2D eigenvalue weighted by atomic mass is 16.5. The van der Waals surface area contributed by atoms with Crippen LogP contribution in [0.2, 0.25) is 0 Å². The van der Waals surface area contributed by atoms with E-state index in [1.54, 1.807) is 6.07 Å². The minimum absolute atomic E-state index is 0.0407. The summed E-state index contributed by atoms with van der Waals surface area (Å²) in [5.74, 6) is -0.0474. The van der Waals surface area contributed by atoms with Gasteiger partial charge < -0.3 is 19.3 Å². The van der Waals surface area contributed by atoms with Gasteiger partial charge in [-0.25, -0.2) is 4.79 Å². The Morgan fingerprint density at radius 1 is 1.17 bits per heavy atom. The zero-order valence-corrected chi connectivity index (χ0v) is 12.6. The molecule has 0 bridgehead atoms. The van der Waals surface area contributed by atoms with Crippen molar-refractivity contribution in [2.24, 2.45) is 0 Å². The van der Waals surface area contributed by atoms with Gasteiger partial charge >= 0.3 is 5.97 Å². The number of ether oxygens (including phenoxy) is 3. The predicted molar refractivity (Wildman–Crippen MR) is 84.0 cm³/mol. The average Bonchev–Trinajstić information content (AvgIpc) is 3.06. The zero-order valence-electron chi connectivity index (χ0n) is 12.6. The maximum absolute atomic E-state index is 11.3. The number of benzene rings is 2. The molecule has 1 atom stereocenters. The molecule has 0 saturated carbocycles. The van der Waals surface area contributed by atoms with Gasteiger partial charge in [0.15, 0.2) is 0 Å². The maximum Gasteiger partial charge on any atom is 0.335 e. The van der Waals surface area contributed by atoms with Crippen LogP contribution in [0.25, 0.3) is 0 Å². The largest absolute Gasteiger partial charge is 0.489 e. The quantitative estimate of drug-likeness (QED) is 0.887. The number of rotatable bonds is 6. The van der Waals surface area contributed by atoms with Gasteiger partial charge in [-0.15, -0.1) is 0 Å². The van der Waals surface area contributed by atoms with Crippen LogP contribution in [0.4, 0.5) is 0 Å². The monoisotopic (exact) mass is 314 g/mol. The molecule has 1 aliphatic heterocycles. The van der Waals surface area contributed by atoms with Crippen LogP contribution in [0, 0.1) is 0 Å². The van der Waals surface area contributed by atoms with Crippen LogP contribution in [0.1, 0.15) is 22.3 Å². The molecule has 1 aliphatic rings. The molecule has 23 heavy (non-hydrogen) atoms. The van der Waals surface area contributed by atoms with Gasteiger partial charge in [-0.3, -0.25) is 0 Å². The predicted octanol–water partition coefficient (Wildman–Crippen LogP) is 3.13. The molecular formula is C18H18O5. The fourth-order valence-electron chi connectivity index (χ4n) is 2.39. The molecule has 120 valence electrons. The highest BCUT2D eigenvalue weighted by molar-refractivity contribution is 5.88. The molecule has 1 heterocycles. The van der Waals surface area contributed by atoms with Crippen LogP contribution in [0.5, 0.6) is 11.5 Å². The third kappa shape index (κ3) is 4.23. The van der Waals surface area contributed by atoms with E-state index in [0.29, 0.717) is 31.3 Å². The average molecular weight is 314 g/mol. The van der Waals surface area contributed by atoms with E-state index < -0.39 is 5.97 Å². The fourth-order valence-corrected chi connectivity index (χ4v) is 2.39. The number of carboxylic acid groups (broad SMARTS) is 1. The highest BCUT2D eigenvalue weighted by Gasteiger charge is 2.18. The maximum atomic E-state index is 11.3. The van der Waals surface area contributed by atoms with Crippen molar-refractivity contribution in [3.8, 4) is 11.5 Å². The molecule has 1 fully saturated rings. The number of aromatic carboxylic acids is 1. The fraction of sp³-hybridized carbons (Fsp3) is 0.278. The SMILES string of the molecule is O=C(O)c1cc(OCc2ccccc2)cc(O[C@H]2CCOC2)c1. The summed E-state index contributed by atoms with van der Waals surface area (Å²) in [6.07, 6.45) is 0.762. The summed E-state index contributed by atoms with van der Waals surface area (Å²) in [5.41, 5.74) is 1.16. The molecule has 5 heteroatoms. The molecule has 1 N–H and O–H groups in total. The van der Waals surface area contributed by atoms with Crippen molar-refractivity contribution in [3.63, 3.8) is 0 Å². The highest BCUT2D eigenvalue weighted by Crippen LogP contribution is 2.26. The summed E-state index contributed by atoms with van der Waals surface area (Å²) in [6.45, 7) is 1.56. The summed E-state index contributed by atoms with van der Waals surface area (Å²) in [6, 6.07) is 14.4. The van der Waals surface area contributed by atoms with Crippen molar-refractivity contribution in [1.29, 1.82) is 0 Å². The first-order chi connectivity index (χ1) is 11.2. The Morgan fingerprint density at radius 2 is 1.96 bits per heavy atom. The van der Waals surface area contributed by atoms with E-state index >= 15 is 0 Å². The van der Waals surface area contributed by atoms with Gasteiger partial charge in [0, 0.05) is 12.5 Å². The Balaban J connectivity index is 1.75. The second-order valence-electron chi connectivity index (χ2n) is 5.38. The minimum atomic E-state index is -1.01. The molecular weight excluding hydrogens is 296 g/mol. The van der Waals surface area contributed by atoms with Gasteiger partial charge in [0.2, 0.25) is 0 Å². The third-order valence-corrected chi connectivity index (χ3v) is 3.57. The lowest BCUT2D eigenvalue weighted by molar-refractivity contribution is 0.0695. The van der Waals surface area contributed by atoms with E-state index in [2.05, 4.69) is 0 Å². The van der Waals surface area contributed by atoms with Crippen LogP contribution in [0.15, 0.2) is 48.5 Å². The normalized spacial score (nSPS) is 17.0. The number of carboxylic acids is 1. The van der Waals surface area contributed by atoms with Crippen molar-refractivity contribution >= 4 is 5.97 Å². The first-order valence-electron chi connectivity index (χ1n) is 7.50. The van der Waals surface area contributed by atoms with Crippen molar-refractivity contribution in [1.82, 2.24) is 0 Å². The first kappa shape index (κ1) is 15.4. The van der Waals surface area contributed by atoms with Gasteiger partial charge in [0.1, 0.15) is 24.2 Å². The first-order valence-corrected chi connectivity index (χ1v) is 7.50. The molecule has 5 nitrogen and oxygen atoms in total. The van der Waals surface area contributed by atoms with Crippen molar-refractivity contribution in [2.75, 3.05) is 13.2 Å². The number of carbonyl (C=O) groups is 1. The van der Waals surface area contributed by atoms with E-state index in [1.807, 2.05) is 30.3 Å². The molecule has 0 unspecified atom stereocenters. The molecule has 1 saturated heterocycles. The van der Waals surface area contributed by atoms with E-state index in [0.717, 1.165) is 12.0 Å². The summed E-state index contributed by atoms with van der Waals surface area (Å²) >= 11 is 0. The van der Waals surface area contributed by atoms with Crippen molar-refractivity contribution in [3.05, 3.63) is 59.7 Å². The smallest absolute Gasteiger partial charge is 0.335 e. The van der Waals surface area contributed by atoms with Gasteiger partial charge in [0.05, 0.1) is 18.8 Å². The molecule has 0 aliphatic carbocycles. The molecule has 0 amide bonds. The third-order valence-electron chi connectivity index (χ3n) is 3.57. The van der Waals surface area contributed by atoms with Gasteiger partial charge in [0.25, 0.3) is 0 Å². The van der Waals surface area contributed by atoms with Crippen LogP contribution >= 0.6 is 0 Å². The second-order valence-corrected chi connectivity index (χ2v) is 5.38. The second kappa shape index (κ2) is 7.15. The lowest BCUT2D eigenvalue weighted by Crippen LogP contribution is -2.16. The van der Waals surface area contributed by atoms with Crippen molar-refractivity contribution in [2.45, 2.75) is 19.1 Å². The van der Waals surface area contributed by atoms with E-state index in [4.69, 9.17) is 14.2 Å². The summed E-state index contributed by atoms with van der Waals surface area (Å²) in [7, 11) is 0. The minimum Gasteiger partial charge on any atom is -0.489 e. The van der Waals surface area contributed by atoms with Gasteiger partial charge in [-0.1, -0.05) is 30.3 Å². The molecule has 2 aromatic carbocycles. The summed E-state index contributed by atoms with van der Waals surface area (Å²) < 4.78 is 16.8. The molecule has 3 rings (SSSR count). The lowest BCUT2D eigenvalue weighted by atomic mass is 10.2. The zero-order chi connectivity index (χ0) is 16.1. The Morgan fingerprint density at radius 3 is 2.65 bits per heavy atom. The Labute approximate surface area is 134 Å². The Hall–Kier alpha value is -2.53. The number of hydrogen-bond donors (Lipinski definition) is 1. The van der Waals surface area contributed by atoms with Gasteiger partial charge in [-0.05, 0) is 17.7 Å². The molecule has 2 aromatic rings. The summed E-state index contributed by atoms with van der Waals surface area (Å²) in [5, 5.41) is 9.24. The van der Waals surface area contributed by atoms with Crippen LogP contribution in [-0.4, -0.2) is 30.4 Å². The molecule has 0 radical (unpaired) electrons. The Bertz CT molecular complexity index is 662. The van der Waals surface area contributed by atoms with Gasteiger partial charge in [-0.2, -0.15) is 0 Å². The van der Waals surface area contributed by atoms with Crippen LogP contribution in [-0.2, 0) is 11.3 Å². The lowest BCUT2D eigenvalue weighted by Gasteiger charge is -2.14. The van der Waals surface area contributed by atoms with E-state index in [-0.39, 0.29) is 11.7 Å². The van der Waals surface area contributed by atoms with Crippen LogP contribution in [0.3, 0.4) is 0 Å². The Kier molecular flexibility index (Phi) is 4.78. The van der Waals surface area contributed by atoms with E-state index in [1.165, 1.54) is 12.1 Å². The van der Waals surface area contributed by atoms with Crippen LogP contribution < -0.4 is 9.47 Å². The summed E-state index contributed by atoms with van der Waals surface area (Å²) in [4.78, 5) is 11.3. The number of hydrogen-bond acceptors (Lipinski definition) is 4. The van der Waals surface area contributed by atoms with E-state index in [9.17, 15) is 9.90 Å². The topological polar surface area (TPSA) is 65.0 Å². The molecule has 0 spiro atoms.